The van der Waals surface area contributed by atoms with Crippen LogP contribution in [0.4, 0.5) is 0 Å². The Morgan fingerprint density at radius 3 is 2.41 bits per heavy atom. The zero-order valence-corrected chi connectivity index (χ0v) is 12.9. The van der Waals surface area contributed by atoms with Crippen LogP contribution in [0.1, 0.15) is 30.7 Å². The maximum Gasteiger partial charge on any atom is 0.145 e. The first-order valence-corrected chi connectivity index (χ1v) is 6.90. The zero-order chi connectivity index (χ0) is 13.0. The third-order valence-corrected chi connectivity index (χ3v) is 4.71. The number of hydrogen-bond donors (Lipinski definition) is 0. The third-order valence-electron chi connectivity index (χ3n) is 2.96. The minimum Gasteiger partial charge on any atom is -0.495 e. The molecule has 0 aliphatic carbocycles. The molecule has 0 amide bonds. The lowest BCUT2D eigenvalue weighted by molar-refractivity contribution is 0.388. The second-order valence-corrected chi connectivity index (χ2v) is 5.36. The molecule has 0 radical (unpaired) electrons. The van der Waals surface area contributed by atoms with Crippen molar-refractivity contribution in [1.29, 1.82) is 0 Å². The summed E-state index contributed by atoms with van der Waals surface area (Å²) in [4.78, 5) is 0.228. The van der Waals surface area contributed by atoms with Crippen LogP contribution in [-0.4, -0.2) is 14.2 Å². The molecule has 0 aliphatic rings. The van der Waals surface area contributed by atoms with E-state index in [4.69, 9.17) is 21.1 Å². The maximum absolute atomic E-state index is 6.24. The minimum absolute atomic E-state index is 0.228. The van der Waals surface area contributed by atoms with Crippen LogP contribution in [0.15, 0.2) is 12.1 Å². The zero-order valence-electron chi connectivity index (χ0n) is 10.6. The predicted octanol–water partition coefficient (Wildman–Crippen LogP) is 4.84. The molecule has 0 fully saturated rings. The average molecular weight is 322 g/mol. The van der Waals surface area contributed by atoms with Crippen molar-refractivity contribution in [3.8, 4) is 11.5 Å². The Kier molecular flexibility index (Phi) is 5.60. The van der Waals surface area contributed by atoms with Gasteiger partial charge in [-0.25, -0.2) is 0 Å². The monoisotopic (exact) mass is 320 g/mol. The molecule has 4 heteroatoms. The van der Waals surface area contributed by atoms with Crippen molar-refractivity contribution < 1.29 is 9.47 Å². The summed E-state index contributed by atoms with van der Waals surface area (Å²) in [6, 6.07) is 3.87. The molecule has 0 saturated heterocycles. The van der Waals surface area contributed by atoms with Crippen LogP contribution >= 0.6 is 27.5 Å². The number of benzene rings is 1. The van der Waals surface area contributed by atoms with E-state index in [1.807, 2.05) is 12.1 Å². The lowest BCUT2D eigenvalue weighted by atomic mass is 9.98. The van der Waals surface area contributed by atoms with Gasteiger partial charge in [0.2, 0.25) is 0 Å². The lowest BCUT2D eigenvalue weighted by Gasteiger charge is -2.21. The summed E-state index contributed by atoms with van der Waals surface area (Å²) in [5.41, 5.74) is 1.06. The average Bonchev–Trinajstić information content (AvgIpc) is 2.36. The van der Waals surface area contributed by atoms with Crippen molar-refractivity contribution >= 4 is 27.5 Å². The summed E-state index contributed by atoms with van der Waals surface area (Å²) in [5, 5.41) is 0.528. The lowest BCUT2D eigenvalue weighted by Crippen LogP contribution is -2.05. The van der Waals surface area contributed by atoms with Gasteiger partial charge in [-0.3, -0.25) is 0 Å². The highest BCUT2D eigenvalue weighted by atomic mass is 79.9. The SMILES string of the molecule is CCC(C)C(Br)c1ccc(OC)c(Cl)c1OC. The summed E-state index contributed by atoms with van der Waals surface area (Å²) in [5.74, 6) is 1.83. The molecule has 2 nitrogen and oxygen atoms in total. The molecule has 2 unspecified atom stereocenters. The molecule has 0 saturated carbocycles. The van der Waals surface area contributed by atoms with Crippen LogP contribution in [-0.2, 0) is 0 Å². The highest BCUT2D eigenvalue weighted by Crippen LogP contribution is 2.44. The van der Waals surface area contributed by atoms with E-state index in [0.29, 0.717) is 22.4 Å². The van der Waals surface area contributed by atoms with Crippen LogP contribution in [0.3, 0.4) is 0 Å². The van der Waals surface area contributed by atoms with Crippen molar-refractivity contribution in [3.05, 3.63) is 22.7 Å². The van der Waals surface area contributed by atoms with Gasteiger partial charge in [0.25, 0.3) is 0 Å². The Labute approximate surface area is 116 Å². The van der Waals surface area contributed by atoms with Crippen molar-refractivity contribution in [2.24, 2.45) is 5.92 Å². The van der Waals surface area contributed by atoms with Crippen molar-refractivity contribution in [2.45, 2.75) is 25.1 Å². The number of methoxy groups -OCH3 is 2. The molecule has 1 rings (SSSR count). The van der Waals surface area contributed by atoms with Crippen LogP contribution < -0.4 is 9.47 Å². The van der Waals surface area contributed by atoms with E-state index in [0.717, 1.165) is 12.0 Å². The van der Waals surface area contributed by atoms with Crippen LogP contribution in [0, 0.1) is 5.92 Å². The number of hydrogen-bond acceptors (Lipinski definition) is 2. The smallest absolute Gasteiger partial charge is 0.145 e. The first-order valence-electron chi connectivity index (χ1n) is 5.61. The molecule has 0 aromatic heterocycles. The molecular weight excluding hydrogens is 303 g/mol. The molecule has 0 N–H and O–H groups in total. The van der Waals surface area contributed by atoms with E-state index >= 15 is 0 Å². The predicted molar refractivity (Wildman–Crippen MR) is 75.7 cm³/mol. The van der Waals surface area contributed by atoms with E-state index in [1.165, 1.54) is 0 Å². The van der Waals surface area contributed by atoms with Gasteiger partial charge in [-0.2, -0.15) is 0 Å². The van der Waals surface area contributed by atoms with Crippen LogP contribution in [0.2, 0.25) is 5.02 Å². The molecule has 1 aromatic carbocycles. The van der Waals surface area contributed by atoms with E-state index in [1.54, 1.807) is 14.2 Å². The standard InChI is InChI=1S/C13H18BrClO2/c1-5-8(2)11(14)9-6-7-10(16-3)12(15)13(9)17-4/h6-8,11H,5H2,1-4H3. The van der Waals surface area contributed by atoms with Crippen LogP contribution in [0.5, 0.6) is 11.5 Å². The summed E-state index contributed by atoms with van der Waals surface area (Å²) < 4.78 is 10.6. The van der Waals surface area contributed by atoms with Crippen molar-refractivity contribution in [1.82, 2.24) is 0 Å². The van der Waals surface area contributed by atoms with Crippen molar-refractivity contribution in [3.63, 3.8) is 0 Å². The molecule has 0 bridgehead atoms. The first kappa shape index (κ1) is 14.7. The fourth-order valence-electron chi connectivity index (χ4n) is 1.65. The van der Waals surface area contributed by atoms with Gasteiger partial charge in [0.05, 0.1) is 14.2 Å². The normalized spacial score (nSPS) is 14.2. The number of ether oxygens (including phenoxy) is 2. The Bertz CT molecular complexity index is 382. The van der Waals surface area contributed by atoms with E-state index in [-0.39, 0.29) is 4.83 Å². The summed E-state index contributed by atoms with van der Waals surface area (Å²) in [7, 11) is 3.22. The fraction of sp³-hybridized carbons (Fsp3) is 0.538. The second kappa shape index (κ2) is 6.50. The largest absolute Gasteiger partial charge is 0.495 e. The molecule has 2 atom stereocenters. The Balaban J connectivity index is 3.20. The first-order chi connectivity index (χ1) is 8.06. The molecule has 1 aromatic rings. The summed E-state index contributed by atoms with van der Waals surface area (Å²) in [6.45, 7) is 4.35. The van der Waals surface area contributed by atoms with Gasteiger partial charge in [-0.1, -0.05) is 53.9 Å². The number of halogens is 2. The van der Waals surface area contributed by atoms with E-state index in [2.05, 4.69) is 29.8 Å². The van der Waals surface area contributed by atoms with Gasteiger partial charge in [0.1, 0.15) is 16.5 Å². The summed E-state index contributed by atoms with van der Waals surface area (Å²) >= 11 is 9.94. The van der Waals surface area contributed by atoms with E-state index in [9.17, 15) is 0 Å². The highest BCUT2D eigenvalue weighted by Gasteiger charge is 2.22. The number of alkyl halides is 1. The summed E-state index contributed by atoms with van der Waals surface area (Å²) in [6.07, 6.45) is 1.09. The molecule has 0 aliphatic heterocycles. The van der Waals surface area contributed by atoms with Gasteiger partial charge in [-0.05, 0) is 12.0 Å². The van der Waals surface area contributed by atoms with Crippen LogP contribution in [0.25, 0.3) is 0 Å². The molecule has 17 heavy (non-hydrogen) atoms. The third kappa shape index (κ3) is 3.08. The fourth-order valence-corrected chi connectivity index (χ4v) is 2.71. The van der Waals surface area contributed by atoms with Crippen molar-refractivity contribution in [2.75, 3.05) is 14.2 Å². The topological polar surface area (TPSA) is 18.5 Å². The van der Waals surface area contributed by atoms with Gasteiger partial charge in [-0.15, -0.1) is 0 Å². The van der Waals surface area contributed by atoms with Gasteiger partial charge in [0.15, 0.2) is 0 Å². The highest BCUT2D eigenvalue weighted by molar-refractivity contribution is 9.09. The molecular formula is C13H18BrClO2. The molecule has 0 heterocycles. The van der Waals surface area contributed by atoms with E-state index < -0.39 is 0 Å². The second-order valence-electron chi connectivity index (χ2n) is 3.99. The quantitative estimate of drug-likeness (QED) is 0.723. The number of rotatable bonds is 5. The minimum atomic E-state index is 0.228. The van der Waals surface area contributed by atoms with Gasteiger partial charge >= 0.3 is 0 Å². The Hall–Kier alpha value is -0.410. The maximum atomic E-state index is 6.24. The molecule has 96 valence electrons. The van der Waals surface area contributed by atoms with Gasteiger partial charge < -0.3 is 9.47 Å². The Morgan fingerprint density at radius 1 is 1.29 bits per heavy atom. The molecule has 0 spiro atoms. The van der Waals surface area contributed by atoms with Gasteiger partial charge in [0, 0.05) is 10.4 Å². The Morgan fingerprint density at radius 2 is 1.94 bits per heavy atom.